The molecule has 1 fully saturated rings. The standard InChI is InChI=1S/C19H17N3O2/c1-12-3-2-4-16(11-12)20-18(23)14-7-5-13(6-8-14)17-21-19(24-22-17)15-9-10-15/h2-8,11,15H,9-10H2,1H3,(H,20,23). The highest BCUT2D eigenvalue weighted by atomic mass is 16.5. The molecule has 1 aliphatic rings. The van der Waals surface area contributed by atoms with Crippen molar-refractivity contribution in [2.24, 2.45) is 0 Å². The number of nitrogens with one attached hydrogen (secondary N) is 1. The van der Waals surface area contributed by atoms with Gasteiger partial charge in [0, 0.05) is 22.7 Å². The van der Waals surface area contributed by atoms with Gasteiger partial charge in [0.15, 0.2) is 0 Å². The van der Waals surface area contributed by atoms with E-state index in [-0.39, 0.29) is 5.91 Å². The summed E-state index contributed by atoms with van der Waals surface area (Å²) in [6, 6.07) is 14.9. The van der Waals surface area contributed by atoms with Crippen LogP contribution in [0.4, 0.5) is 5.69 Å². The molecule has 0 spiro atoms. The lowest BCUT2D eigenvalue weighted by molar-refractivity contribution is 0.102. The van der Waals surface area contributed by atoms with E-state index in [2.05, 4.69) is 15.5 Å². The Bertz CT molecular complexity index is 880. The van der Waals surface area contributed by atoms with E-state index < -0.39 is 0 Å². The topological polar surface area (TPSA) is 68.0 Å². The molecule has 24 heavy (non-hydrogen) atoms. The Labute approximate surface area is 139 Å². The molecule has 1 saturated carbocycles. The van der Waals surface area contributed by atoms with Crippen molar-refractivity contribution in [2.45, 2.75) is 25.7 Å². The lowest BCUT2D eigenvalue weighted by atomic mass is 10.1. The molecule has 120 valence electrons. The van der Waals surface area contributed by atoms with Crippen LogP contribution in [0.2, 0.25) is 0 Å². The van der Waals surface area contributed by atoms with Gasteiger partial charge in [-0.1, -0.05) is 29.4 Å². The Balaban J connectivity index is 1.49. The van der Waals surface area contributed by atoms with Gasteiger partial charge < -0.3 is 9.84 Å². The second-order valence-electron chi connectivity index (χ2n) is 6.13. The van der Waals surface area contributed by atoms with Gasteiger partial charge in [-0.25, -0.2) is 0 Å². The molecule has 1 heterocycles. The molecule has 2 aromatic carbocycles. The van der Waals surface area contributed by atoms with Crippen LogP contribution in [-0.4, -0.2) is 16.0 Å². The summed E-state index contributed by atoms with van der Waals surface area (Å²) < 4.78 is 5.27. The first-order valence-corrected chi connectivity index (χ1v) is 8.01. The van der Waals surface area contributed by atoms with Gasteiger partial charge in [-0.15, -0.1) is 0 Å². The Morgan fingerprint density at radius 1 is 1.17 bits per heavy atom. The summed E-state index contributed by atoms with van der Waals surface area (Å²) in [4.78, 5) is 16.7. The van der Waals surface area contributed by atoms with Crippen LogP contribution in [0.1, 0.15) is 40.6 Å². The average molecular weight is 319 g/mol. The van der Waals surface area contributed by atoms with Crippen molar-refractivity contribution in [3.8, 4) is 11.4 Å². The summed E-state index contributed by atoms with van der Waals surface area (Å²) in [7, 11) is 0. The van der Waals surface area contributed by atoms with Crippen LogP contribution in [0.3, 0.4) is 0 Å². The molecular weight excluding hydrogens is 302 g/mol. The van der Waals surface area contributed by atoms with Gasteiger partial charge >= 0.3 is 0 Å². The van der Waals surface area contributed by atoms with Crippen LogP contribution in [-0.2, 0) is 0 Å². The normalized spacial score (nSPS) is 13.7. The molecule has 4 rings (SSSR count). The SMILES string of the molecule is Cc1cccc(NC(=O)c2ccc(-c3noc(C4CC4)n3)cc2)c1. The van der Waals surface area contributed by atoms with E-state index >= 15 is 0 Å². The predicted octanol–water partition coefficient (Wildman–Crippen LogP) is 4.17. The number of anilines is 1. The van der Waals surface area contributed by atoms with Crippen molar-refractivity contribution in [1.29, 1.82) is 0 Å². The molecule has 5 nitrogen and oxygen atoms in total. The number of hydrogen-bond acceptors (Lipinski definition) is 4. The van der Waals surface area contributed by atoms with Crippen LogP contribution in [0.15, 0.2) is 53.1 Å². The Hall–Kier alpha value is -2.95. The third-order valence-electron chi connectivity index (χ3n) is 4.05. The van der Waals surface area contributed by atoms with E-state index in [1.807, 2.05) is 43.3 Å². The molecule has 3 aromatic rings. The van der Waals surface area contributed by atoms with Crippen LogP contribution < -0.4 is 5.32 Å². The van der Waals surface area contributed by atoms with Crippen molar-refractivity contribution < 1.29 is 9.32 Å². The van der Waals surface area contributed by atoms with Crippen molar-refractivity contribution in [2.75, 3.05) is 5.32 Å². The van der Waals surface area contributed by atoms with Crippen molar-refractivity contribution in [3.63, 3.8) is 0 Å². The molecule has 0 radical (unpaired) electrons. The Kier molecular flexibility index (Phi) is 3.61. The van der Waals surface area contributed by atoms with Gasteiger partial charge in [-0.3, -0.25) is 4.79 Å². The summed E-state index contributed by atoms with van der Waals surface area (Å²) in [5.41, 5.74) is 3.33. The second-order valence-corrected chi connectivity index (χ2v) is 6.13. The molecule has 5 heteroatoms. The summed E-state index contributed by atoms with van der Waals surface area (Å²) in [5, 5.41) is 6.91. The fraction of sp³-hybridized carbons (Fsp3) is 0.211. The maximum atomic E-state index is 12.3. The fourth-order valence-corrected chi connectivity index (χ4v) is 2.55. The lowest BCUT2D eigenvalue weighted by Gasteiger charge is -2.06. The van der Waals surface area contributed by atoms with E-state index in [9.17, 15) is 4.79 Å². The molecule has 0 atom stereocenters. The molecule has 0 unspecified atom stereocenters. The summed E-state index contributed by atoms with van der Waals surface area (Å²) in [6.07, 6.45) is 2.25. The molecule has 1 amide bonds. The number of aromatic nitrogens is 2. The highest BCUT2D eigenvalue weighted by Gasteiger charge is 2.29. The van der Waals surface area contributed by atoms with Gasteiger partial charge in [0.1, 0.15) is 0 Å². The first-order chi connectivity index (χ1) is 11.7. The van der Waals surface area contributed by atoms with Gasteiger partial charge in [0.2, 0.25) is 11.7 Å². The highest BCUT2D eigenvalue weighted by molar-refractivity contribution is 6.04. The molecule has 0 aliphatic heterocycles. The Morgan fingerprint density at radius 2 is 1.96 bits per heavy atom. The predicted molar refractivity (Wildman–Crippen MR) is 90.8 cm³/mol. The molecule has 0 saturated heterocycles. The zero-order valence-corrected chi connectivity index (χ0v) is 13.3. The van der Waals surface area contributed by atoms with E-state index in [0.29, 0.717) is 23.2 Å². The summed E-state index contributed by atoms with van der Waals surface area (Å²) in [5.74, 6) is 1.58. The molecule has 0 bridgehead atoms. The number of aryl methyl sites for hydroxylation is 1. The quantitative estimate of drug-likeness (QED) is 0.783. The first kappa shape index (κ1) is 14.6. The van der Waals surface area contributed by atoms with Crippen molar-refractivity contribution >= 4 is 11.6 Å². The smallest absolute Gasteiger partial charge is 0.255 e. The maximum Gasteiger partial charge on any atom is 0.255 e. The van der Waals surface area contributed by atoms with Gasteiger partial charge in [0.05, 0.1) is 0 Å². The highest BCUT2D eigenvalue weighted by Crippen LogP contribution is 2.39. The summed E-state index contributed by atoms with van der Waals surface area (Å²) >= 11 is 0. The molecular formula is C19H17N3O2. The maximum absolute atomic E-state index is 12.3. The van der Waals surface area contributed by atoms with Crippen LogP contribution in [0, 0.1) is 6.92 Å². The Morgan fingerprint density at radius 3 is 2.67 bits per heavy atom. The average Bonchev–Trinajstić information content (AvgIpc) is 3.32. The largest absolute Gasteiger partial charge is 0.339 e. The number of hydrogen-bond donors (Lipinski definition) is 1. The fourth-order valence-electron chi connectivity index (χ4n) is 2.55. The lowest BCUT2D eigenvalue weighted by Crippen LogP contribution is -2.11. The van der Waals surface area contributed by atoms with Crippen molar-refractivity contribution in [3.05, 3.63) is 65.5 Å². The second kappa shape index (κ2) is 5.92. The van der Waals surface area contributed by atoms with Crippen LogP contribution in [0.5, 0.6) is 0 Å². The minimum absolute atomic E-state index is 0.140. The number of carbonyl (C=O) groups is 1. The van der Waals surface area contributed by atoms with Gasteiger partial charge in [-0.05, 0) is 49.6 Å². The molecule has 1 aromatic heterocycles. The van der Waals surface area contributed by atoms with E-state index in [0.717, 1.165) is 29.7 Å². The number of benzene rings is 2. The van der Waals surface area contributed by atoms with E-state index in [1.54, 1.807) is 12.1 Å². The minimum atomic E-state index is -0.140. The van der Waals surface area contributed by atoms with E-state index in [4.69, 9.17) is 4.52 Å². The van der Waals surface area contributed by atoms with E-state index in [1.165, 1.54) is 0 Å². The third-order valence-corrected chi connectivity index (χ3v) is 4.05. The van der Waals surface area contributed by atoms with Gasteiger partial charge in [0.25, 0.3) is 5.91 Å². The zero-order valence-electron chi connectivity index (χ0n) is 13.3. The molecule has 1 N–H and O–H groups in total. The monoisotopic (exact) mass is 319 g/mol. The first-order valence-electron chi connectivity index (χ1n) is 8.01. The number of rotatable bonds is 4. The van der Waals surface area contributed by atoms with Crippen LogP contribution >= 0.6 is 0 Å². The number of nitrogens with zero attached hydrogens (tertiary/aromatic N) is 2. The number of amides is 1. The third kappa shape index (κ3) is 3.06. The molecule has 1 aliphatic carbocycles. The zero-order chi connectivity index (χ0) is 16.5. The minimum Gasteiger partial charge on any atom is -0.339 e. The number of carbonyl (C=O) groups excluding carboxylic acids is 1. The van der Waals surface area contributed by atoms with Crippen molar-refractivity contribution in [1.82, 2.24) is 10.1 Å². The van der Waals surface area contributed by atoms with Gasteiger partial charge in [-0.2, -0.15) is 4.98 Å². The van der Waals surface area contributed by atoms with Crippen LogP contribution in [0.25, 0.3) is 11.4 Å². The summed E-state index contributed by atoms with van der Waals surface area (Å²) in [6.45, 7) is 1.99.